The summed E-state index contributed by atoms with van der Waals surface area (Å²) in [7, 11) is 3.29. The molecular weight excluding hydrogens is 558 g/mol. The summed E-state index contributed by atoms with van der Waals surface area (Å²) in [6, 6.07) is 13.6. The number of rotatable bonds is 12. The van der Waals surface area contributed by atoms with E-state index in [9.17, 15) is 14.4 Å². The third-order valence-electron chi connectivity index (χ3n) is 8.81. The highest BCUT2D eigenvalue weighted by Gasteiger charge is 2.43. The van der Waals surface area contributed by atoms with Gasteiger partial charge < -0.3 is 29.3 Å². The molecule has 1 saturated carbocycles. The fraction of sp³-hybridized carbons (Fsp3) is 0.514. The Morgan fingerprint density at radius 1 is 1.11 bits per heavy atom. The Morgan fingerprint density at radius 3 is 2.52 bits per heavy atom. The number of hydrogen-bond donors (Lipinski definition) is 1. The van der Waals surface area contributed by atoms with E-state index in [0.29, 0.717) is 50.5 Å². The second kappa shape index (κ2) is 13.5. The minimum absolute atomic E-state index is 0.0161. The van der Waals surface area contributed by atoms with Crippen LogP contribution in [0.25, 0.3) is 0 Å². The van der Waals surface area contributed by atoms with Crippen molar-refractivity contribution >= 4 is 29.0 Å². The van der Waals surface area contributed by atoms with Crippen molar-refractivity contribution in [2.45, 2.75) is 64.0 Å². The van der Waals surface area contributed by atoms with E-state index in [-0.39, 0.29) is 41.4 Å². The van der Waals surface area contributed by atoms with E-state index in [1.807, 2.05) is 53.4 Å². The maximum atomic E-state index is 14.1. The quantitative estimate of drug-likeness (QED) is 0.273. The molecular formula is C35H45N3O6. The highest BCUT2D eigenvalue weighted by molar-refractivity contribution is 6.04. The first-order valence-electron chi connectivity index (χ1n) is 15.7. The summed E-state index contributed by atoms with van der Waals surface area (Å²) >= 11 is 0. The van der Waals surface area contributed by atoms with E-state index >= 15 is 0 Å². The predicted molar refractivity (Wildman–Crippen MR) is 171 cm³/mol. The topological polar surface area (TPSA) is 97.4 Å². The minimum Gasteiger partial charge on any atom is -0.497 e. The Morgan fingerprint density at radius 2 is 1.84 bits per heavy atom. The van der Waals surface area contributed by atoms with Crippen molar-refractivity contribution in [3.05, 3.63) is 60.2 Å². The van der Waals surface area contributed by atoms with Crippen molar-refractivity contribution < 1.29 is 28.6 Å². The number of ether oxygens (including phenoxy) is 3. The van der Waals surface area contributed by atoms with E-state index in [2.05, 4.69) is 12.2 Å². The zero-order valence-corrected chi connectivity index (χ0v) is 26.5. The maximum absolute atomic E-state index is 14.1. The number of methoxy groups -OCH3 is 2. The average molecular weight is 604 g/mol. The Bertz CT molecular complexity index is 1380. The molecule has 2 heterocycles. The molecule has 236 valence electrons. The molecule has 1 N–H and O–H groups in total. The zero-order valence-electron chi connectivity index (χ0n) is 26.5. The Labute approximate surface area is 260 Å². The Balaban J connectivity index is 1.30. The second-order valence-electron chi connectivity index (χ2n) is 12.6. The molecule has 2 aromatic carbocycles. The van der Waals surface area contributed by atoms with E-state index in [0.717, 1.165) is 29.8 Å². The molecule has 0 spiro atoms. The number of hydrogen-bond acceptors (Lipinski definition) is 7. The molecule has 0 radical (unpaired) electrons. The van der Waals surface area contributed by atoms with Crippen molar-refractivity contribution in [1.29, 1.82) is 0 Å². The van der Waals surface area contributed by atoms with Crippen LogP contribution in [-0.2, 0) is 19.1 Å². The maximum Gasteiger partial charge on any atom is 0.270 e. The number of piperidine rings is 1. The molecule has 0 unspecified atom stereocenters. The van der Waals surface area contributed by atoms with Gasteiger partial charge in [0.15, 0.2) is 11.4 Å². The van der Waals surface area contributed by atoms with Crippen LogP contribution in [0.15, 0.2) is 54.6 Å². The number of carbonyl (C=O) groups excluding carboxylic acids is 3. The van der Waals surface area contributed by atoms with Gasteiger partial charge in [0.05, 0.1) is 18.7 Å². The number of nitrogens with one attached hydrogen (secondary N) is 1. The molecule has 1 aliphatic carbocycles. The van der Waals surface area contributed by atoms with Crippen LogP contribution >= 0.6 is 0 Å². The number of allylic oxidation sites excluding steroid dienone is 2. The number of benzene rings is 2. The molecule has 2 aromatic rings. The standard InChI is InChI=1S/C35H45N3O6/c1-23(24-8-13-29(43-5)14-9-24)7-15-31(39)25-19-26(22-36-21-25)33(40)38(27-10-11-27)28-12-16-32-30(20-28)37(17-6-18-42-4)34(41)35(2,3)44-32/h7-9,12-16,20,23,25-27,36H,6,10-11,17-19,21-22H2,1-5H3/b15-7+/t23-,25+,26-/m1/s1. The van der Waals surface area contributed by atoms with E-state index in [1.54, 1.807) is 39.0 Å². The van der Waals surface area contributed by atoms with Gasteiger partial charge in [-0.1, -0.05) is 25.1 Å². The number of fused-ring (bicyclic) bond motifs is 1. The molecule has 1 saturated heterocycles. The molecule has 44 heavy (non-hydrogen) atoms. The number of anilines is 2. The second-order valence-corrected chi connectivity index (χ2v) is 12.6. The lowest BCUT2D eigenvalue weighted by molar-refractivity contribution is -0.132. The van der Waals surface area contributed by atoms with E-state index in [1.165, 1.54) is 0 Å². The number of carbonyl (C=O) groups is 3. The van der Waals surface area contributed by atoms with Gasteiger partial charge in [0.1, 0.15) is 11.5 Å². The van der Waals surface area contributed by atoms with Gasteiger partial charge in [-0.25, -0.2) is 0 Å². The van der Waals surface area contributed by atoms with Gasteiger partial charge >= 0.3 is 0 Å². The Kier molecular flexibility index (Phi) is 9.75. The normalized spacial score (nSPS) is 21.8. The van der Waals surface area contributed by atoms with Crippen LogP contribution in [0.2, 0.25) is 0 Å². The first-order chi connectivity index (χ1) is 21.1. The van der Waals surface area contributed by atoms with Gasteiger partial charge in [-0.05, 0) is 87.4 Å². The lowest BCUT2D eigenvalue weighted by Gasteiger charge is -2.39. The van der Waals surface area contributed by atoms with Crippen molar-refractivity contribution in [3.8, 4) is 11.5 Å². The molecule has 2 fully saturated rings. The molecule has 0 bridgehead atoms. The van der Waals surface area contributed by atoms with Gasteiger partial charge in [-0.2, -0.15) is 0 Å². The molecule has 3 atom stereocenters. The minimum atomic E-state index is -0.982. The Hall–Kier alpha value is -3.69. The fourth-order valence-corrected chi connectivity index (χ4v) is 6.08. The van der Waals surface area contributed by atoms with Crippen molar-refractivity contribution in [3.63, 3.8) is 0 Å². The van der Waals surface area contributed by atoms with Gasteiger partial charge in [-0.3, -0.25) is 14.4 Å². The van der Waals surface area contributed by atoms with Crippen LogP contribution < -0.4 is 24.6 Å². The third-order valence-corrected chi connectivity index (χ3v) is 8.81. The zero-order chi connectivity index (χ0) is 31.4. The average Bonchev–Trinajstić information content (AvgIpc) is 3.87. The summed E-state index contributed by atoms with van der Waals surface area (Å²) in [5.41, 5.74) is 1.55. The molecule has 9 nitrogen and oxygen atoms in total. The van der Waals surface area contributed by atoms with Crippen LogP contribution in [0.3, 0.4) is 0 Å². The van der Waals surface area contributed by atoms with Gasteiger partial charge in [-0.15, -0.1) is 0 Å². The molecule has 9 heteroatoms. The summed E-state index contributed by atoms with van der Waals surface area (Å²) in [6.07, 6.45) is 6.65. The molecule has 2 aliphatic heterocycles. The molecule has 3 aliphatic rings. The predicted octanol–water partition coefficient (Wildman–Crippen LogP) is 4.89. The van der Waals surface area contributed by atoms with Crippen LogP contribution in [-0.4, -0.2) is 69.7 Å². The smallest absolute Gasteiger partial charge is 0.270 e. The van der Waals surface area contributed by atoms with E-state index in [4.69, 9.17) is 14.2 Å². The van der Waals surface area contributed by atoms with Crippen LogP contribution in [0, 0.1) is 11.8 Å². The third kappa shape index (κ3) is 7.00. The SMILES string of the molecule is COCCCN1C(=O)C(C)(C)Oc2ccc(N(C(=O)[C@H]3CNC[C@@H](C(=O)/C=C/[C@@H](C)c4ccc(OC)cc4)C3)C3CC3)cc21. The lowest BCUT2D eigenvalue weighted by Crippen LogP contribution is -2.53. The largest absolute Gasteiger partial charge is 0.497 e. The van der Waals surface area contributed by atoms with Crippen LogP contribution in [0.4, 0.5) is 11.4 Å². The first kappa shape index (κ1) is 31.7. The summed E-state index contributed by atoms with van der Waals surface area (Å²) in [6.45, 7) is 7.72. The number of ketones is 1. The first-order valence-corrected chi connectivity index (χ1v) is 15.7. The van der Waals surface area contributed by atoms with Crippen molar-refractivity contribution in [2.24, 2.45) is 11.8 Å². The van der Waals surface area contributed by atoms with Gasteiger partial charge in [0, 0.05) is 51.0 Å². The van der Waals surface area contributed by atoms with Crippen LogP contribution in [0.1, 0.15) is 57.9 Å². The van der Waals surface area contributed by atoms with Crippen molar-refractivity contribution in [2.75, 3.05) is 50.3 Å². The molecule has 5 rings (SSSR count). The number of nitrogens with zero attached hydrogens (tertiary/aromatic N) is 2. The summed E-state index contributed by atoms with van der Waals surface area (Å²) < 4.78 is 16.6. The lowest BCUT2D eigenvalue weighted by atomic mass is 9.86. The van der Waals surface area contributed by atoms with Gasteiger partial charge in [0.2, 0.25) is 5.91 Å². The number of amides is 2. The summed E-state index contributed by atoms with van der Waals surface area (Å²) in [5, 5.41) is 3.34. The molecule has 2 amide bonds. The molecule has 0 aromatic heterocycles. The summed E-state index contributed by atoms with van der Waals surface area (Å²) in [4.78, 5) is 44.3. The van der Waals surface area contributed by atoms with E-state index < -0.39 is 5.60 Å². The highest BCUT2D eigenvalue weighted by atomic mass is 16.5. The van der Waals surface area contributed by atoms with Gasteiger partial charge in [0.25, 0.3) is 5.91 Å². The monoisotopic (exact) mass is 603 g/mol. The van der Waals surface area contributed by atoms with Crippen molar-refractivity contribution in [1.82, 2.24) is 5.32 Å². The highest BCUT2D eigenvalue weighted by Crippen LogP contribution is 2.43. The fourth-order valence-electron chi connectivity index (χ4n) is 6.08. The van der Waals surface area contributed by atoms with Crippen LogP contribution in [0.5, 0.6) is 11.5 Å². The summed E-state index contributed by atoms with van der Waals surface area (Å²) in [5.74, 6) is 0.834.